The van der Waals surface area contributed by atoms with E-state index in [4.69, 9.17) is 16.3 Å². The van der Waals surface area contributed by atoms with Crippen molar-refractivity contribution in [2.45, 2.75) is 37.6 Å². The van der Waals surface area contributed by atoms with E-state index >= 15 is 4.39 Å². The molecule has 2 aliphatic rings. The number of aromatic nitrogens is 3. The van der Waals surface area contributed by atoms with Gasteiger partial charge in [-0.2, -0.15) is 10.4 Å². The van der Waals surface area contributed by atoms with Gasteiger partial charge in [0, 0.05) is 48.4 Å². The number of ether oxygens (including phenoxy) is 1. The first-order valence-electron chi connectivity index (χ1n) is 13.3. The Kier molecular flexibility index (Phi) is 6.97. The van der Waals surface area contributed by atoms with Crippen LogP contribution in [0.3, 0.4) is 0 Å². The molecule has 0 N–H and O–H groups in total. The predicted molar refractivity (Wildman–Crippen MR) is 153 cm³/mol. The zero-order valence-electron chi connectivity index (χ0n) is 22.7. The first-order valence-corrected chi connectivity index (χ1v) is 13.7. The zero-order chi connectivity index (χ0) is 29.6. The van der Waals surface area contributed by atoms with E-state index < -0.39 is 23.6 Å². The van der Waals surface area contributed by atoms with E-state index in [1.807, 2.05) is 6.07 Å². The number of fused-ring (bicyclic) bond motifs is 1. The molecule has 0 unspecified atom stereocenters. The monoisotopic (exact) mass is 581 g/mol. The molecule has 2 aromatic heterocycles. The molecule has 3 heterocycles. The predicted octanol–water partition coefficient (Wildman–Crippen LogP) is 5.54. The lowest BCUT2D eigenvalue weighted by atomic mass is 9.89. The number of Topliss-reactive ketones (excluding diaryl/α,β-unsaturated/α-hetero) is 1. The topological polar surface area (TPSA) is 101 Å². The second-order valence-corrected chi connectivity index (χ2v) is 10.9. The van der Waals surface area contributed by atoms with Crippen LogP contribution in [0.2, 0.25) is 5.02 Å². The third-order valence-electron chi connectivity index (χ3n) is 7.73. The van der Waals surface area contributed by atoms with Crippen LogP contribution in [-0.4, -0.2) is 37.5 Å². The molecular weight excluding hydrogens is 557 g/mol. The zero-order valence-corrected chi connectivity index (χ0v) is 23.4. The van der Waals surface area contributed by atoms with Gasteiger partial charge in [0.15, 0.2) is 0 Å². The number of nitrogens with zero attached hydrogens (tertiary/aromatic N) is 5. The first kappa shape index (κ1) is 27.5. The van der Waals surface area contributed by atoms with E-state index in [1.165, 1.54) is 17.2 Å². The maximum atomic E-state index is 16.6. The molecule has 0 bridgehead atoms. The van der Waals surface area contributed by atoms with Crippen molar-refractivity contribution in [1.29, 1.82) is 5.26 Å². The molecule has 4 aromatic rings. The van der Waals surface area contributed by atoms with Gasteiger partial charge >= 0.3 is 0 Å². The number of amides is 1. The summed E-state index contributed by atoms with van der Waals surface area (Å²) in [6, 6.07) is 14.9. The number of carbonyl (C=O) groups is 2. The summed E-state index contributed by atoms with van der Waals surface area (Å²) in [6.45, 7) is 4.08. The summed E-state index contributed by atoms with van der Waals surface area (Å²) in [4.78, 5) is 32.4. The van der Waals surface area contributed by atoms with E-state index in [2.05, 4.69) is 16.7 Å². The number of rotatable bonds is 7. The van der Waals surface area contributed by atoms with E-state index in [0.717, 1.165) is 0 Å². The third-order valence-corrected chi connectivity index (χ3v) is 7.99. The highest BCUT2D eigenvalue weighted by atomic mass is 35.5. The van der Waals surface area contributed by atoms with Gasteiger partial charge in [0.2, 0.25) is 5.72 Å². The average Bonchev–Trinajstić information content (AvgIpc) is 3.67. The maximum Gasteiger partial charge on any atom is 0.257 e. The fourth-order valence-electron chi connectivity index (χ4n) is 5.68. The normalized spacial score (nSPS) is 19.7. The van der Waals surface area contributed by atoms with E-state index in [0.29, 0.717) is 51.4 Å². The molecule has 2 aromatic carbocycles. The maximum absolute atomic E-state index is 16.6. The molecule has 6 rings (SSSR count). The van der Waals surface area contributed by atoms with Crippen molar-refractivity contribution in [3.05, 3.63) is 124 Å². The van der Waals surface area contributed by atoms with Gasteiger partial charge in [0.1, 0.15) is 17.7 Å². The summed E-state index contributed by atoms with van der Waals surface area (Å²) in [6.07, 6.45) is 5.18. The van der Waals surface area contributed by atoms with Crippen LogP contribution in [0.15, 0.2) is 73.7 Å². The van der Waals surface area contributed by atoms with Gasteiger partial charge in [-0.05, 0) is 54.0 Å². The Labute approximate surface area is 246 Å². The van der Waals surface area contributed by atoms with Crippen LogP contribution >= 0.6 is 11.6 Å². The number of hydrogen-bond acceptors (Lipinski definition) is 6. The number of halogens is 2. The van der Waals surface area contributed by atoms with Gasteiger partial charge in [-0.3, -0.25) is 24.2 Å². The molecule has 1 fully saturated rings. The largest absolute Gasteiger partial charge is 0.343 e. The minimum Gasteiger partial charge on any atom is -0.343 e. The molecule has 1 saturated carbocycles. The number of ketones is 1. The van der Waals surface area contributed by atoms with Crippen LogP contribution in [-0.2, 0) is 28.8 Å². The lowest BCUT2D eigenvalue weighted by molar-refractivity contribution is -0.149. The minimum absolute atomic E-state index is 0.0414. The number of aryl methyl sites for hydroxylation is 1. The Balaban J connectivity index is 1.56. The van der Waals surface area contributed by atoms with E-state index in [9.17, 15) is 14.9 Å². The van der Waals surface area contributed by atoms with Crippen molar-refractivity contribution in [3.8, 4) is 6.07 Å². The Morgan fingerprint density at radius 2 is 1.98 bits per heavy atom. The lowest BCUT2D eigenvalue weighted by Crippen LogP contribution is -2.48. The SMILES string of the molecule is C=C(c1cc(F)c2c(c1)C(=O)N(Cc1ccc(C#N)cn1)[C@@]2(O[C@H]1CCC(=O)C1)c1ccc(Cl)cc1)c1cnn(C)c1. The van der Waals surface area contributed by atoms with Gasteiger partial charge in [0.05, 0.1) is 41.2 Å². The van der Waals surface area contributed by atoms with Gasteiger partial charge in [0.25, 0.3) is 5.91 Å². The van der Waals surface area contributed by atoms with Gasteiger partial charge < -0.3 is 4.74 Å². The lowest BCUT2D eigenvalue weighted by Gasteiger charge is -2.41. The summed E-state index contributed by atoms with van der Waals surface area (Å²) in [5, 5.41) is 13.9. The molecule has 0 radical (unpaired) electrons. The molecule has 0 saturated heterocycles. The van der Waals surface area contributed by atoms with Crippen molar-refractivity contribution in [2.75, 3.05) is 0 Å². The second kappa shape index (κ2) is 10.6. The molecule has 42 heavy (non-hydrogen) atoms. The highest BCUT2D eigenvalue weighted by Crippen LogP contribution is 2.50. The number of benzene rings is 2. The number of hydrogen-bond donors (Lipinski definition) is 0. The van der Waals surface area contributed by atoms with Crippen LogP contribution in [0, 0.1) is 17.1 Å². The van der Waals surface area contributed by atoms with E-state index in [1.54, 1.807) is 66.6 Å². The van der Waals surface area contributed by atoms with Crippen LogP contribution in [0.1, 0.15) is 63.1 Å². The summed E-state index contributed by atoms with van der Waals surface area (Å²) < 4.78 is 24.9. The van der Waals surface area contributed by atoms with Crippen molar-refractivity contribution in [3.63, 3.8) is 0 Å². The number of carbonyl (C=O) groups excluding carboxylic acids is 2. The smallest absolute Gasteiger partial charge is 0.257 e. The van der Waals surface area contributed by atoms with Crippen LogP contribution in [0.4, 0.5) is 4.39 Å². The van der Waals surface area contributed by atoms with Gasteiger partial charge in [-0.15, -0.1) is 0 Å². The van der Waals surface area contributed by atoms with Crippen LogP contribution < -0.4 is 0 Å². The average molecular weight is 582 g/mol. The quantitative estimate of drug-likeness (QED) is 0.284. The number of pyridine rings is 1. The van der Waals surface area contributed by atoms with Crippen molar-refractivity contribution >= 4 is 28.9 Å². The van der Waals surface area contributed by atoms with Crippen molar-refractivity contribution in [2.24, 2.45) is 7.05 Å². The molecule has 10 heteroatoms. The summed E-state index contributed by atoms with van der Waals surface area (Å²) >= 11 is 6.23. The molecule has 0 spiro atoms. The Bertz CT molecular complexity index is 1780. The highest BCUT2D eigenvalue weighted by Gasteiger charge is 2.56. The fourth-order valence-corrected chi connectivity index (χ4v) is 5.80. The van der Waals surface area contributed by atoms with Crippen molar-refractivity contribution < 1.29 is 18.7 Å². The summed E-state index contributed by atoms with van der Waals surface area (Å²) in [5.74, 6) is -1.09. The Hall–Kier alpha value is -4.65. The Morgan fingerprint density at radius 1 is 1.19 bits per heavy atom. The Morgan fingerprint density at radius 3 is 2.60 bits per heavy atom. The van der Waals surface area contributed by atoms with Crippen molar-refractivity contribution in [1.82, 2.24) is 19.7 Å². The molecule has 1 amide bonds. The number of nitriles is 1. The minimum atomic E-state index is -1.72. The van der Waals surface area contributed by atoms with Crippen LogP contribution in [0.25, 0.3) is 5.57 Å². The van der Waals surface area contributed by atoms with Gasteiger partial charge in [-0.25, -0.2) is 4.39 Å². The first-order chi connectivity index (χ1) is 20.2. The summed E-state index contributed by atoms with van der Waals surface area (Å²) in [7, 11) is 1.77. The molecule has 8 nitrogen and oxygen atoms in total. The van der Waals surface area contributed by atoms with Crippen LogP contribution in [0.5, 0.6) is 0 Å². The highest BCUT2D eigenvalue weighted by molar-refractivity contribution is 6.30. The summed E-state index contributed by atoms with van der Waals surface area (Å²) in [5.41, 5.74) is 1.37. The molecule has 1 aliphatic heterocycles. The molecule has 1 aliphatic carbocycles. The fraction of sp³-hybridized carbons (Fsp3) is 0.219. The second-order valence-electron chi connectivity index (χ2n) is 10.5. The standard InChI is InChI=1S/C32H25ClFN5O3/c1-19(22-16-37-38(2)17-22)21-11-28-30(29(34)12-21)32(23-4-6-24(33)7-5-23,42-27-10-9-26(40)13-27)39(31(28)41)18-25-8-3-20(14-35)15-36-25/h3-8,11-12,15-17,27H,1,9-10,13,18H2,2H3/t27-,32+/m0/s1. The molecule has 210 valence electrons. The van der Waals surface area contributed by atoms with E-state index in [-0.39, 0.29) is 29.9 Å². The molecular formula is C32H25ClFN5O3. The van der Waals surface area contributed by atoms with Gasteiger partial charge in [-0.1, -0.05) is 30.3 Å². The third kappa shape index (κ3) is 4.69. The molecule has 2 atom stereocenters.